The highest BCUT2D eigenvalue weighted by Gasteiger charge is 2.50. The van der Waals surface area contributed by atoms with E-state index in [0.29, 0.717) is 20.3 Å². The van der Waals surface area contributed by atoms with E-state index in [0.717, 1.165) is 4.57 Å². The van der Waals surface area contributed by atoms with Crippen LogP contribution < -0.4 is 21.8 Å². The third kappa shape index (κ3) is 6.57. The molecule has 3 heterocycles. The molecular formula is C26H22IN3O11P+. The number of halogens is 1. The van der Waals surface area contributed by atoms with Crippen LogP contribution in [0.25, 0.3) is 11.0 Å². The number of nitrogens with zero attached hydrogens (tertiary/aromatic N) is 2. The van der Waals surface area contributed by atoms with Crippen LogP contribution in [0.5, 0.6) is 5.75 Å². The first-order chi connectivity index (χ1) is 20.1. The number of hydrogen-bond acceptors (Lipinski definition) is 12. The average Bonchev–Trinajstić information content (AvgIpc) is 3.23. The molecule has 2 aromatic carbocycles. The first-order valence-corrected chi connectivity index (χ1v) is 14.4. The lowest BCUT2D eigenvalue weighted by molar-refractivity contribution is -0.0697. The lowest BCUT2D eigenvalue weighted by atomic mass is 10.1. The second-order valence-corrected chi connectivity index (χ2v) is 10.9. The molecule has 16 heteroatoms. The molecule has 0 spiro atoms. The van der Waals surface area contributed by atoms with E-state index in [1.54, 1.807) is 42.5 Å². The van der Waals surface area contributed by atoms with Gasteiger partial charge in [0, 0.05) is 16.1 Å². The van der Waals surface area contributed by atoms with Gasteiger partial charge in [-0.2, -0.15) is 4.98 Å². The Morgan fingerprint density at radius 3 is 2.69 bits per heavy atom. The molecule has 1 unspecified atom stereocenters. The number of fused-ring (bicyclic) bond motifs is 1. The van der Waals surface area contributed by atoms with Gasteiger partial charge in [0.25, 0.3) is 0 Å². The van der Waals surface area contributed by atoms with Gasteiger partial charge in [-0.15, -0.1) is 9.42 Å². The third-order valence-corrected chi connectivity index (χ3v) is 7.57. The summed E-state index contributed by atoms with van der Waals surface area (Å²) in [7, 11) is -3.12. The van der Waals surface area contributed by atoms with E-state index in [-0.39, 0.29) is 30.2 Å². The fraction of sp³-hybridized carbons (Fsp3) is 0.231. The number of benzene rings is 2. The summed E-state index contributed by atoms with van der Waals surface area (Å²) in [5.74, 6) is -0.595. The number of esters is 1. The van der Waals surface area contributed by atoms with E-state index in [1.165, 1.54) is 18.3 Å². The Labute approximate surface area is 250 Å². The van der Waals surface area contributed by atoms with Crippen molar-refractivity contribution in [1.29, 1.82) is 0 Å². The van der Waals surface area contributed by atoms with Crippen LogP contribution in [0.1, 0.15) is 22.1 Å². The maximum absolute atomic E-state index is 12.7. The lowest BCUT2D eigenvalue weighted by Crippen LogP contribution is -2.37. The number of aliphatic hydroxyl groups excluding tert-OH is 1. The number of anilines is 1. The molecule has 42 heavy (non-hydrogen) atoms. The van der Waals surface area contributed by atoms with Crippen LogP contribution in [-0.2, 0) is 25.2 Å². The zero-order valence-electron chi connectivity index (χ0n) is 21.4. The number of para-hydroxylation sites is 1. The third-order valence-electron chi connectivity index (χ3n) is 6.25. The van der Waals surface area contributed by atoms with Crippen LogP contribution in [0.15, 0.2) is 74.8 Å². The van der Waals surface area contributed by atoms with Gasteiger partial charge in [0.2, 0.25) is 0 Å². The minimum Gasteiger partial charge on any atom is -0.422 e. The summed E-state index contributed by atoms with van der Waals surface area (Å²) in [5, 5.41) is 11.2. The summed E-state index contributed by atoms with van der Waals surface area (Å²) < 4.78 is 40.2. The van der Waals surface area contributed by atoms with E-state index in [2.05, 4.69) is 4.98 Å². The van der Waals surface area contributed by atoms with Crippen molar-refractivity contribution >= 4 is 53.6 Å². The molecule has 2 aromatic heterocycles. The average molecular weight is 710 g/mol. The molecule has 14 nitrogen and oxygen atoms in total. The van der Waals surface area contributed by atoms with Crippen molar-refractivity contribution in [1.82, 2.24) is 9.55 Å². The van der Waals surface area contributed by atoms with E-state index < -0.39 is 50.1 Å². The summed E-state index contributed by atoms with van der Waals surface area (Å²) in [6.07, 6.45) is -3.86. The smallest absolute Gasteiger partial charge is 0.422 e. The van der Waals surface area contributed by atoms with Gasteiger partial charge in [0.1, 0.15) is 34.9 Å². The number of aromatic nitrogens is 2. The van der Waals surface area contributed by atoms with Gasteiger partial charge in [-0.25, -0.2) is 14.4 Å². The second-order valence-electron chi connectivity index (χ2n) is 9.06. The fourth-order valence-corrected chi connectivity index (χ4v) is 5.28. The number of carbonyl (C=O) groups is 1. The number of carbonyl (C=O) groups excluding carboxylic acids is 1. The molecule has 1 saturated heterocycles. The molecule has 4 N–H and O–H groups in total. The SMILES string of the molecule is Nc1ccn([C@@H]2O[C@H](COCc3ccc4oc(=O)c(C(=O)Oc5ccccc5I)cc4c3)[C@@H](O[P+](=O)O)[C@H]2O)c(=O)n1. The fourth-order valence-electron chi connectivity index (χ4n) is 4.32. The number of aliphatic hydroxyl groups is 1. The highest BCUT2D eigenvalue weighted by atomic mass is 127. The normalized spacial score (nSPS) is 20.5. The van der Waals surface area contributed by atoms with Crippen molar-refractivity contribution in [2.45, 2.75) is 31.1 Å². The minimum absolute atomic E-state index is 0.000957. The van der Waals surface area contributed by atoms with Gasteiger partial charge >= 0.3 is 25.5 Å². The Bertz CT molecular complexity index is 1780. The second kappa shape index (κ2) is 12.7. The van der Waals surface area contributed by atoms with Crippen molar-refractivity contribution in [2.75, 3.05) is 12.3 Å². The van der Waals surface area contributed by atoms with E-state index in [1.807, 2.05) is 22.6 Å². The predicted molar refractivity (Wildman–Crippen MR) is 154 cm³/mol. The van der Waals surface area contributed by atoms with E-state index in [4.69, 9.17) is 28.9 Å². The highest BCUT2D eigenvalue weighted by molar-refractivity contribution is 14.1. The largest absolute Gasteiger partial charge is 0.695 e. The standard InChI is InChI=1S/C26H21IN3O11P/c27-16-3-1-2-4-18(16)40-25(33)15-10-14-9-13(5-6-17(14)39-24(15)32)11-37-12-19-22(41-42(35)36)21(31)23(38-19)30-8-7-20(28)29-26(30)34/h1-10,19,21-23,31H,11-12H2,(H2-,28,29,34,35,36)/p+1/t19-,21-,22-,23-/m1/s1. The van der Waals surface area contributed by atoms with E-state index in [9.17, 15) is 28.9 Å². The van der Waals surface area contributed by atoms with Crippen LogP contribution in [-0.4, -0.2) is 50.4 Å². The zero-order valence-corrected chi connectivity index (χ0v) is 24.4. The van der Waals surface area contributed by atoms with Gasteiger partial charge < -0.3 is 29.5 Å². The molecular weight excluding hydrogens is 688 g/mol. The van der Waals surface area contributed by atoms with Crippen LogP contribution in [0.3, 0.4) is 0 Å². The Hall–Kier alpha value is -3.57. The quantitative estimate of drug-likeness (QED) is 0.0752. The van der Waals surface area contributed by atoms with Crippen LogP contribution in [0.2, 0.25) is 0 Å². The Kier molecular flexibility index (Phi) is 9.08. The van der Waals surface area contributed by atoms with Crippen molar-refractivity contribution in [3.05, 3.63) is 96.4 Å². The van der Waals surface area contributed by atoms with E-state index >= 15 is 0 Å². The van der Waals surface area contributed by atoms with Gasteiger partial charge in [-0.1, -0.05) is 18.2 Å². The van der Waals surface area contributed by atoms with Gasteiger partial charge in [0.05, 0.1) is 16.8 Å². The molecule has 0 bridgehead atoms. The molecule has 0 amide bonds. The maximum atomic E-state index is 12.7. The summed E-state index contributed by atoms with van der Waals surface area (Å²) in [6, 6.07) is 14.4. The molecule has 1 fully saturated rings. The Morgan fingerprint density at radius 1 is 1.17 bits per heavy atom. The lowest BCUT2D eigenvalue weighted by Gasteiger charge is -2.16. The zero-order chi connectivity index (χ0) is 30.0. The maximum Gasteiger partial charge on any atom is 0.695 e. The van der Waals surface area contributed by atoms with Gasteiger partial charge in [0.15, 0.2) is 12.3 Å². The van der Waals surface area contributed by atoms with Crippen molar-refractivity contribution in [3.63, 3.8) is 0 Å². The van der Waals surface area contributed by atoms with Gasteiger partial charge in [-0.3, -0.25) is 4.57 Å². The van der Waals surface area contributed by atoms with Crippen molar-refractivity contribution < 1.29 is 42.5 Å². The number of hydrogen-bond donors (Lipinski definition) is 3. The van der Waals surface area contributed by atoms with Gasteiger partial charge in [-0.05, 0) is 64.6 Å². The molecule has 0 radical (unpaired) electrons. The molecule has 1 aliphatic rings. The first kappa shape index (κ1) is 29.9. The molecule has 1 aliphatic heterocycles. The summed E-state index contributed by atoms with van der Waals surface area (Å²) in [4.78, 5) is 50.3. The van der Waals surface area contributed by atoms with Crippen molar-refractivity contribution in [2.24, 2.45) is 0 Å². The topological polar surface area (TPSA) is 203 Å². The van der Waals surface area contributed by atoms with Crippen molar-refractivity contribution in [3.8, 4) is 5.75 Å². The first-order valence-electron chi connectivity index (χ1n) is 12.2. The van der Waals surface area contributed by atoms with Crippen LogP contribution in [0, 0.1) is 3.57 Å². The summed E-state index contributed by atoms with van der Waals surface area (Å²) >= 11 is 2.01. The Balaban J connectivity index is 1.29. The molecule has 0 aliphatic carbocycles. The summed E-state index contributed by atoms with van der Waals surface area (Å²) in [6.45, 7) is -0.202. The predicted octanol–water partition coefficient (Wildman–Crippen LogP) is 2.27. The monoisotopic (exact) mass is 710 g/mol. The molecule has 5 rings (SSSR count). The van der Waals surface area contributed by atoms with Crippen LogP contribution >= 0.6 is 30.8 Å². The number of ether oxygens (including phenoxy) is 3. The molecule has 0 saturated carbocycles. The number of nitrogen functional groups attached to an aromatic ring is 1. The highest BCUT2D eigenvalue weighted by Crippen LogP contribution is 2.35. The minimum atomic E-state index is -3.12. The Morgan fingerprint density at radius 2 is 1.95 bits per heavy atom. The number of nitrogens with two attached hydrogens (primary N) is 1. The summed E-state index contributed by atoms with van der Waals surface area (Å²) in [5.41, 5.74) is 4.44. The molecule has 5 atom stereocenters. The molecule has 4 aromatic rings. The molecule has 218 valence electrons. The number of rotatable bonds is 9. The van der Waals surface area contributed by atoms with Crippen LogP contribution in [0.4, 0.5) is 5.82 Å².